The summed E-state index contributed by atoms with van der Waals surface area (Å²) in [6, 6.07) is 6.17. The molecular formula is C10H11BrN4O2S. The standard InChI is InChI=1S/C10H11BrN4O2S/c11-9-2-1-8(5-10(9)12)18(16,17)14-6-7-3-4-13-15-7/h1-5,14H,6,12H2,(H,13,15). The molecule has 1 aromatic heterocycles. The molecular weight excluding hydrogens is 320 g/mol. The SMILES string of the molecule is Nc1cc(S(=O)(=O)NCc2ccn[nH]2)ccc1Br. The molecule has 8 heteroatoms. The molecule has 0 saturated heterocycles. The van der Waals surface area contributed by atoms with Crippen LogP contribution >= 0.6 is 15.9 Å². The van der Waals surface area contributed by atoms with Gasteiger partial charge in [0.1, 0.15) is 0 Å². The quantitative estimate of drug-likeness (QED) is 0.734. The number of anilines is 1. The van der Waals surface area contributed by atoms with Crippen molar-refractivity contribution in [1.29, 1.82) is 0 Å². The van der Waals surface area contributed by atoms with Crippen LogP contribution in [0.1, 0.15) is 5.69 Å². The van der Waals surface area contributed by atoms with Crippen LogP contribution < -0.4 is 10.5 Å². The number of nitrogens with two attached hydrogens (primary N) is 1. The highest BCUT2D eigenvalue weighted by molar-refractivity contribution is 9.10. The number of H-pyrrole nitrogens is 1. The Kier molecular flexibility index (Phi) is 3.69. The molecule has 4 N–H and O–H groups in total. The van der Waals surface area contributed by atoms with E-state index in [0.29, 0.717) is 15.9 Å². The molecule has 1 aromatic carbocycles. The third kappa shape index (κ3) is 2.89. The predicted molar refractivity (Wildman–Crippen MR) is 71.2 cm³/mol. The molecule has 6 nitrogen and oxygen atoms in total. The van der Waals surface area contributed by atoms with Gasteiger partial charge in [0, 0.05) is 16.4 Å². The maximum Gasteiger partial charge on any atom is 0.240 e. The van der Waals surface area contributed by atoms with E-state index in [2.05, 4.69) is 30.8 Å². The molecule has 2 aromatic rings. The maximum atomic E-state index is 12.0. The number of benzene rings is 1. The number of nitrogens with zero attached hydrogens (tertiary/aromatic N) is 1. The zero-order valence-electron chi connectivity index (χ0n) is 9.22. The average molecular weight is 331 g/mol. The Labute approximate surface area is 113 Å². The first-order chi connectivity index (χ1) is 8.49. The molecule has 0 unspecified atom stereocenters. The normalized spacial score (nSPS) is 11.6. The summed E-state index contributed by atoms with van der Waals surface area (Å²) in [4.78, 5) is 0.128. The Balaban J connectivity index is 2.17. The van der Waals surface area contributed by atoms with Crippen LogP contribution in [-0.2, 0) is 16.6 Å². The molecule has 0 spiro atoms. The van der Waals surface area contributed by atoms with Gasteiger partial charge in [-0.3, -0.25) is 5.10 Å². The number of halogens is 1. The first-order valence-electron chi connectivity index (χ1n) is 5.02. The lowest BCUT2D eigenvalue weighted by Crippen LogP contribution is -2.23. The molecule has 2 rings (SSSR count). The van der Waals surface area contributed by atoms with Crippen molar-refractivity contribution in [3.05, 3.63) is 40.6 Å². The van der Waals surface area contributed by atoms with Crippen molar-refractivity contribution >= 4 is 31.6 Å². The molecule has 0 atom stereocenters. The van der Waals surface area contributed by atoms with Crippen molar-refractivity contribution in [2.45, 2.75) is 11.4 Å². The van der Waals surface area contributed by atoms with Crippen LogP contribution in [0.5, 0.6) is 0 Å². The number of hydrogen-bond donors (Lipinski definition) is 3. The minimum Gasteiger partial charge on any atom is -0.398 e. The van der Waals surface area contributed by atoms with Gasteiger partial charge < -0.3 is 5.73 Å². The molecule has 0 bridgehead atoms. The molecule has 18 heavy (non-hydrogen) atoms. The van der Waals surface area contributed by atoms with E-state index in [-0.39, 0.29) is 11.4 Å². The number of aromatic amines is 1. The average Bonchev–Trinajstić information content (AvgIpc) is 2.83. The summed E-state index contributed by atoms with van der Waals surface area (Å²) in [7, 11) is -3.57. The van der Waals surface area contributed by atoms with Crippen LogP contribution in [0.3, 0.4) is 0 Å². The van der Waals surface area contributed by atoms with Gasteiger partial charge in [-0.15, -0.1) is 0 Å². The van der Waals surface area contributed by atoms with Gasteiger partial charge in [-0.25, -0.2) is 13.1 Å². The summed E-state index contributed by atoms with van der Waals surface area (Å²) < 4.78 is 27.1. The van der Waals surface area contributed by atoms with Crippen LogP contribution in [0.4, 0.5) is 5.69 Å². The fourth-order valence-electron chi connectivity index (χ4n) is 1.33. The Morgan fingerprint density at radius 3 is 2.78 bits per heavy atom. The predicted octanol–water partition coefficient (Wildman–Crippen LogP) is 1.23. The van der Waals surface area contributed by atoms with Crippen LogP contribution in [0.25, 0.3) is 0 Å². The minimum atomic E-state index is -3.57. The van der Waals surface area contributed by atoms with Crippen LogP contribution in [0, 0.1) is 0 Å². The molecule has 0 aliphatic carbocycles. The Hall–Kier alpha value is -1.38. The van der Waals surface area contributed by atoms with Crippen molar-refractivity contribution in [2.75, 3.05) is 5.73 Å². The van der Waals surface area contributed by atoms with Gasteiger partial charge in [0.25, 0.3) is 0 Å². The van der Waals surface area contributed by atoms with Gasteiger partial charge in [-0.1, -0.05) is 0 Å². The van der Waals surface area contributed by atoms with E-state index in [1.807, 2.05) is 0 Å². The van der Waals surface area contributed by atoms with Crippen molar-refractivity contribution in [1.82, 2.24) is 14.9 Å². The molecule has 0 saturated carbocycles. The van der Waals surface area contributed by atoms with Crippen LogP contribution in [0.15, 0.2) is 39.8 Å². The molecule has 0 radical (unpaired) electrons. The second-order valence-electron chi connectivity index (χ2n) is 3.59. The van der Waals surface area contributed by atoms with E-state index in [0.717, 1.165) is 0 Å². The number of aromatic nitrogens is 2. The van der Waals surface area contributed by atoms with Gasteiger partial charge in [-0.2, -0.15) is 5.10 Å². The highest BCUT2D eigenvalue weighted by Gasteiger charge is 2.14. The first kappa shape index (κ1) is 13.1. The fraction of sp³-hybridized carbons (Fsp3) is 0.100. The van der Waals surface area contributed by atoms with E-state index >= 15 is 0 Å². The molecule has 0 amide bonds. The molecule has 0 aliphatic heterocycles. The van der Waals surface area contributed by atoms with E-state index in [1.165, 1.54) is 12.1 Å². The summed E-state index contributed by atoms with van der Waals surface area (Å²) in [5.74, 6) is 0. The summed E-state index contributed by atoms with van der Waals surface area (Å²) in [5, 5.41) is 6.41. The number of nitrogens with one attached hydrogen (secondary N) is 2. The largest absolute Gasteiger partial charge is 0.398 e. The van der Waals surface area contributed by atoms with Gasteiger partial charge in [-0.05, 0) is 40.2 Å². The van der Waals surface area contributed by atoms with Crippen LogP contribution in [0.2, 0.25) is 0 Å². The Morgan fingerprint density at radius 2 is 2.17 bits per heavy atom. The highest BCUT2D eigenvalue weighted by Crippen LogP contribution is 2.22. The van der Waals surface area contributed by atoms with E-state index in [1.54, 1.807) is 18.3 Å². The second kappa shape index (κ2) is 5.09. The summed E-state index contributed by atoms with van der Waals surface area (Å²) >= 11 is 3.21. The van der Waals surface area contributed by atoms with Gasteiger partial charge >= 0.3 is 0 Å². The Bertz CT molecular complexity index is 640. The monoisotopic (exact) mass is 330 g/mol. The zero-order valence-corrected chi connectivity index (χ0v) is 11.6. The number of nitrogen functional groups attached to an aromatic ring is 1. The topological polar surface area (TPSA) is 101 Å². The third-order valence-corrected chi connectivity index (χ3v) is 4.41. The third-order valence-electron chi connectivity index (χ3n) is 2.29. The summed E-state index contributed by atoms with van der Waals surface area (Å²) in [6.45, 7) is 0.151. The Morgan fingerprint density at radius 1 is 1.39 bits per heavy atom. The lowest BCUT2D eigenvalue weighted by Gasteiger charge is -2.07. The van der Waals surface area contributed by atoms with Crippen LogP contribution in [-0.4, -0.2) is 18.6 Å². The number of hydrogen-bond acceptors (Lipinski definition) is 4. The fourth-order valence-corrected chi connectivity index (χ4v) is 2.62. The lowest BCUT2D eigenvalue weighted by molar-refractivity contribution is 0.580. The lowest BCUT2D eigenvalue weighted by atomic mass is 10.3. The van der Waals surface area contributed by atoms with Crippen molar-refractivity contribution < 1.29 is 8.42 Å². The van der Waals surface area contributed by atoms with Gasteiger partial charge in [0.15, 0.2) is 0 Å². The number of sulfonamides is 1. The summed E-state index contributed by atoms with van der Waals surface area (Å²) in [5.41, 5.74) is 6.71. The van der Waals surface area contributed by atoms with E-state index < -0.39 is 10.0 Å². The summed E-state index contributed by atoms with van der Waals surface area (Å²) in [6.07, 6.45) is 1.56. The molecule has 96 valence electrons. The second-order valence-corrected chi connectivity index (χ2v) is 6.21. The minimum absolute atomic E-state index is 0.128. The van der Waals surface area contributed by atoms with Crippen molar-refractivity contribution in [3.63, 3.8) is 0 Å². The zero-order chi connectivity index (χ0) is 13.2. The number of rotatable bonds is 4. The van der Waals surface area contributed by atoms with Gasteiger partial charge in [0.2, 0.25) is 10.0 Å². The smallest absolute Gasteiger partial charge is 0.240 e. The van der Waals surface area contributed by atoms with Crippen molar-refractivity contribution in [3.8, 4) is 0 Å². The maximum absolute atomic E-state index is 12.0. The molecule has 1 heterocycles. The molecule has 0 aliphatic rings. The van der Waals surface area contributed by atoms with Crippen molar-refractivity contribution in [2.24, 2.45) is 0 Å². The van der Waals surface area contributed by atoms with E-state index in [9.17, 15) is 8.42 Å². The van der Waals surface area contributed by atoms with E-state index in [4.69, 9.17) is 5.73 Å². The van der Waals surface area contributed by atoms with Gasteiger partial charge in [0.05, 0.1) is 17.1 Å². The highest BCUT2D eigenvalue weighted by atomic mass is 79.9. The molecule has 0 fully saturated rings. The first-order valence-corrected chi connectivity index (χ1v) is 7.29.